The average molecular weight is 185 g/mol. The van der Waals surface area contributed by atoms with Crippen LogP contribution in [0.2, 0.25) is 0 Å². The molecule has 0 heterocycles. The van der Waals surface area contributed by atoms with Gasteiger partial charge >= 0.3 is 0 Å². The van der Waals surface area contributed by atoms with Gasteiger partial charge < -0.3 is 5.73 Å². The van der Waals surface area contributed by atoms with Gasteiger partial charge in [0.2, 0.25) is 0 Å². The normalized spacial score (nSPS) is 25.0. The fourth-order valence-corrected chi connectivity index (χ4v) is 2.71. The average Bonchev–Trinajstić information content (AvgIpc) is 2.59. The summed E-state index contributed by atoms with van der Waals surface area (Å²) in [5.41, 5.74) is 13.2. The first-order valence-corrected chi connectivity index (χ1v) is 5.43. The van der Waals surface area contributed by atoms with E-state index in [4.69, 9.17) is 5.73 Å². The Bertz CT molecular complexity index is 405. The molecule has 0 fully saturated rings. The lowest BCUT2D eigenvalue weighted by Gasteiger charge is -2.15. The van der Waals surface area contributed by atoms with Crippen LogP contribution in [-0.4, -0.2) is 0 Å². The van der Waals surface area contributed by atoms with Crippen LogP contribution in [-0.2, 0) is 0 Å². The molecule has 14 heavy (non-hydrogen) atoms. The second-order valence-corrected chi connectivity index (χ2v) is 4.28. The molecule has 0 aromatic heterocycles. The third kappa shape index (κ3) is 1.02. The third-order valence-corrected chi connectivity index (χ3v) is 3.43. The number of fused-ring (bicyclic) bond motifs is 2. The number of rotatable bonds is 0. The van der Waals surface area contributed by atoms with Crippen LogP contribution in [0.1, 0.15) is 32.1 Å². The fourth-order valence-electron chi connectivity index (χ4n) is 2.71. The Labute approximate surface area is 84.7 Å². The van der Waals surface area contributed by atoms with E-state index < -0.39 is 0 Å². The first-order chi connectivity index (χ1) is 6.86. The SMILES string of the molecule is NC1=C2CC3=C(CCC=C3)C2=CCC1. The zero-order valence-electron chi connectivity index (χ0n) is 8.34. The summed E-state index contributed by atoms with van der Waals surface area (Å²) >= 11 is 0. The molecule has 0 saturated carbocycles. The van der Waals surface area contributed by atoms with Crippen LogP contribution in [0.4, 0.5) is 0 Å². The molecule has 3 aliphatic rings. The minimum absolute atomic E-state index is 1.06. The van der Waals surface area contributed by atoms with Gasteiger partial charge in [0.05, 0.1) is 0 Å². The predicted molar refractivity (Wildman–Crippen MR) is 58.5 cm³/mol. The molecule has 0 bridgehead atoms. The zero-order chi connectivity index (χ0) is 9.54. The van der Waals surface area contributed by atoms with Crippen molar-refractivity contribution in [3.8, 4) is 0 Å². The molecule has 0 atom stereocenters. The van der Waals surface area contributed by atoms with Crippen LogP contribution < -0.4 is 5.73 Å². The van der Waals surface area contributed by atoms with Gasteiger partial charge in [-0.2, -0.15) is 0 Å². The van der Waals surface area contributed by atoms with Crippen molar-refractivity contribution in [1.82, 2.24) is 0 Å². The molecular weight excluding hydrogens is 170 g/mol. The van der Waals surface area contributed by atoms with E-state index in [0.717, 1.165) is 25.0 Å². The van der Waals surface area contributed by atoms with Gasteiger partial charge in [-0.05, 0) is 48.0 Å². The van der Waals surface area contributed by atoms with Crippen LogP contribution >= 0.6 is 0 Å². The van der Waals surface area contributed by atoms with Gasteiger partial charge in [-0.3, -0.25) is 0 Å². The third-order valence-electron chi connectivity index (χ3n) is 3.43. The van der Waals surface area contributed by atoms with Crippen molar-refractivity contribution >= 4 is 0 Å². The van der Waals surface area contributed by atoms with Crippen molar-refractivity contribution in [2.45, 2.75) is 32.1 Å². The molecule has 0 spiro atoms. The van der Waals surface area contributed by atoms with Crippen LogP contribution in [0.5, 0.6) is 0 Å². The van der Waals surface area contributed by atoms with Crippen LogP contribution in [0.3, 0.4) is 0 Å². The van der Waals surface area contributed by atoms with Crippen molar-refractivity contribution in [2.24, 2.45) is 5.73 Å². The van der Waals surface area contributed by atoms with E-state index in [1.807, 2.05) is 0 Å². The largest absolute Gasteiger partial charge is 0.402 e. The summed E-state index contributed by atoms with van der Waals surface area (Å²) in [5.74, 6) is 0. The molecule has 0 aromatic rings. The predicted octanol–water partition coefficient (Wildman–Crippen LogP) is 2.97. The number of nitrogens with two attached hydrogens (primary N) is 1. The molecule has 0 aromatic carbocycles. The summed E-state index contributed by atoms with van der Waals surface area (Å²) in [6, 6.07) is 0. The Balaban J connectivity index is 2.11. The van der Waals surface area contributed by atoms with Crippen LogP contribution in [0.25, 0.3) is 0 Å². The summed E-state index contributed by atoms with van der Waals surface area (Å²) in [5, 5.41) is 0. The Hall–Kier alpha value is -1.24. The smallest absolute Gasteiger partial charge is 0.0125 e. The number of allylic oxidation sites excluding steroid dienone is 8. The van der Waals surface area contributed by atoms with E-state index in [2.05, 4.69) is 18.2 Å². The highest BCUT2D eigenvalue weighted by Crippen LogP contribution is 2.44. The van der Waals surface area contributed by atoms with E-state index in [0.29, 0.717) is 0 Å². The van der Waals surface area contributed by atoms with Crippen molar-refractivity contribution < 1.29 is 0 Å². The van der Waals surface area contributed by atoms with E-state index in [-0.39, 0.29) is 0 Å². The number of hydrogen-bond acceptors (Lipinski definition) is 1. The minimum Gasteiger partial charge on any atom is -0.402 e. The molecule has 0 radical (unpaired) electrons. The molecule has 3 aliphatic carbocycles. The van der Waals surface area contributed by atoms with Crippen LogP contribution in [0, 0.1) is 0 Å². The van der Waals surface area contributed by atoms with Crippen molar-refractivity contribution in [2.75, 3.05) is 0 Å². The zero-order valence-corrected chi connectivity index (χ0v) is 8.34. The lowest BCUT2D eigenvalue weighted by Crippen LogP contribution is -2.06. The first kappa shape index (κ1) is 8.10. The fraction of sp³-hybridized carbons (Fsp3) is 0.385. The highest BCUT2D eigenvalue weighted by Gasteiger charge is 2.27. The van der Waals surface area contributed by atoms with Gasteiger partial charge in [0, 0.05) is 12.1 Å². The Kier molecular flexibility index (Phi) is 1.66. The van der Waals surface area contributed by atoms with Gasteiger partial charge in [0.1, 0.15) is 0 Å². The molecule has 0 unspecified atom stereocenters. The highest BCUT2D eigenvalue weighted by molar-refractivity contribution is 5.62. The molecule has 1 heteroatoms. The standard InChI is InChI=1S/C13H15N/c14-13-7-3-6-11-10-5-2-1-4-9(10)8-12(11)13/h1,4,6H,2-3,5,7-8,14H2. The van der Waals surface area contributed by atoms with Crippen LogP contribution in [0.15, 0.2) is 46.2 Å². The summed E-state index contributed by atoms with van der Waals surface area (Å²) in [4.78, 5) is 0. The molecule has 0 amide bonds. The van der Waals surface area contributed by atoms with Gasteiger partial charge in [-0.25, -0.2) is 0 Å². The van der Waals surface area contributed by atoms with Crippen molar-refractivity contribution in [3.63, 3.8) is 0 Å². The van der Waals surface area contributed by atoms with Crippen molar-refractivity contribution in [3.05, 3.63) is 46.2 Å². The summed E-state index contributed by atoms with van der Waals surface area (Å²) in [6.45, 7) is 0. The van der Waals surface area contributed by atoms with E-state index in [1.54, 1.807) is 5.57 Å². The molecule has 72 valence electrons. The lowest BCUT2D eigenvalue weighted by molar-refractivity contribution is 0.895. The van der Waals surface area contributed by atoms with E-state index in [1.165, 1.54) is 29.6 Å². The second kappa shape index (κ2) is 2.88. The van der Waals surface area contributed by atoms with E-state index >= 15 is 0 Å². The molecule has 1 nitrogen and oxygen atoms in total. The lowest BCUT2D eigenvalue weighted by atomic mass is 9.92. The Morgan fingerprint density at radius 3 is 2.93 bits per heavy atom. The molecule has 0 aliphatic heterocycles. The summed E-state index contributed by atoms with van der Waals surface area (Å²) in [7, 11) is 0. The number of hydrogen-bond donors (Lipinski definition) is 1. The van der Waals surface area contributed by atoms with Gasteiger partial charge in [-0.1, -0.05) is 18.2 Å². The maximum Gasteiger partial charge on any atom is 0.0125 e. The molecule has 3 rings (SSSR count). The topological polar surface area (TPSA) is 26.0 Å². The molecule has 2 N–H and O–H groups in total. The summed E-state index contributed by atoms with van der Waals surface area (Å²) in [6.07, 6.45) is 12.6. The minimum atomic E-state index is 1.06. The summed E-state index contributed by atoms with van der Waals surface area (Å²) < 4.78 is 0. The second-order valence-electron chi connectivity index (χ2n) is 4.28. The molecule has 0 saturated heterocycles. The monoisotopic (exact) mass is 185 g/mol. The van der Waals surface area contributed by atoms with Gasteiger partial charge in [0.25, 0.3) is 0 Å². The van der Waals surface area contributed by atoms with Gasteiger partial charge in [-0.15, -0.1) is 0 Å². The van der Waals surface area contributed by atoms with E-state index in [9.17, 15) is 0 Å². The first-order valence-electron chi connectivity index (χ1n) is 5.43. The Morgan fingerprint density at radius 2 is 2.00 bits per heavy atom. The van der Waals surface area contributed by atoms with Crippen molar-refractivity contribution in [1.29, 1.82) is 0 Å². The highest BCUT2D eigenvalue weighted by atomic mass is 14.6. The quantitative estimate of drug-likeness (QED) is 0.617. The van der Waals surface area contributed by atoms with Gasteiger partial charge in [0.15, 0.2) is 0 Å². The maximum atomic E-state index is 6.06. The molecular formula is C13H15N. The Morgan fingerprint density at radius 1 is 1.07 bits per heavy atom. The maximum absolute atomic E-state index is 6.06.